The Balaban J connectivity index is 2.59. The number of hydrogen-bond donors (Lipinski definition) is 0. The third-order valence-electron chi connectivity index (χ3n) is 3.91. The molecule has 2 nitrogen and oxygen atoms in total. The summed E-state index contributed by atoms with van der Waals surface area (Å²) >= 11 is 0. The fourth-order valence-electron chi connectivity index (χ4n) is 3.17. The Labute approximate surface area is 112 Å². The van der Waals surface area contributed by atoms with Gasteiger partial charge in [-0.15, -0.1) is 0 Å². The van der Waals surface area contributed by atoms with Crippen molar-refractivity contribution in [3.63, 3.8) is 0 Å². The highest BCUT2D eigenvalue weighted by Crippen LogP contribution is 2.44. The zero-order chi connectivity index (χ0) is 14.2. The van der Waals surface area contributed by atoms with Crippen molar-refractivity contribution in [2.75, 3.05) is 0 Å². The summed E-state index contributed by atoms with van der Waals surface area (Å²) in [5.41, 5.74) is 0.605. The number of hydrogen-bond acceptors (Lipinski definition) is 1. The summed E-state index contributed by atoms with van der Waals surface area (Å²) in [6.07, 6.45) is -0.577. The molecule has 0 N–H and O–H groups in total. The van der Waals surface area contributed by atoms with Crippen molar-refractivity contribution in [1.82, 2.24) is 9.78 Å². The van der Waals surface area contributed by atoms with Crippen LogP contribution in [0.5, 0.6) is 0 Å². The highest BCUT2D eigenvalue weighted by atomic mass is 19.4. The van der Waals surface area contributed by atoms with E-state index < -0.39 is 11.9 Å². The molecule has 19 heavy (non-hydrogen) atoms. The summed E-state index contributed by atoms with van der Waals surface area (Å²) in [5, 5.41) is 3.86. The van der Waals surface area contributed by atoms with Crippen molar-refractivity contribution in [3.05, 3.63) is 17.0 Å². The number of alkyl halides is 3. The van der Waals surface area contributed by atoms with E-state index in [1.807, 2.05) is 20.8 Å². The molecule has 0 radical (unpaired) electrons. The summed E-state index contributed by atoms with van der Waals surface area (Å²) in [6.45, 7) is 6.23. The second-order valence-electron chi connectivity index (χ2n) is 5.60. The van der Waals surface area contributed by atoms with E-state index in [0.717, 1.165) is 31.4 Å². The molecule has 0 aliphatic heterocycles. The molecule has 108 valence electrons. The number of rotatable bonds is 3. The fraction of sp³-hybridized carbons (Fsp3) is 0.786. The molecule has 1 aromatic rings. The Morgan fingerprint density at radius 3 is 2.26 bits per heavy atom. The molecule has 0 spiro atoms. The summed E-state index contributed by atoms with van der Waals surface area (Å²) in [7, 11) is 0. The lowest BCUT2D eigenvalue weighted by atomic mass is 9.91. The van der Waals surface area contributed by atoms with Crippen LogP contribution in [0.25, 0.3) is 0 Å². The maximum Gasteiger partial charge on any atom is 0.435 e. The fourth-order valence-corrected chi connectivity index (χ4v) is 3.17. The Kier molecular flexibility index (Phi) is 3.92. The second-order valence-corrected chi connectivity index (χ2v) is 5.60. The summed E-state index contributed by atoms with van der Waals surface area (Å²) in [6, 6.07) is 0. The van der Waals surface area contributed by atoms with Crippen molar-refractivity contribution >= 4 is 0 Å². The van der Waals surface area contributed by atoms with Gasteiger partial charge in [0.25, 0.3) is 0 Å². The van der Waals surface area contributed by atoms with Crippen LogP contribution >= 0.6 is 0 Å². The van der Waals surface area contributed by atoms with Crippen LogP contribution in [-0.4, -0.2) is 9.78 Å². The quantitative estimate of drug-likeness (QED) is 0.781. The average Bonchev–Trinajstić information content (AvgIpc) is 2.94. The first-order valence-electron chi connectivity index (χ1n) is 7.04. The van der Waals surface area contributed by atoms with E-state index in [-0.39, 0.29) is 11.8 Å². The van der Waals surface area contributed by atoms with Gasteiger partial charge >= 0.3 is 6.18 Å². The van der Waals surface area contributed by atoms with Crippen LogP contribution in [0.1, 0.15) is 75.2 Å². The topological polar surface area (TPSA) is 17.8 Å². The Hall–Kier alpha value is -1.00. The van der Waals surface area contributed by atoms with Crippen LogP contribution in [0.2, 0.25) is 0 Å². The van der Waals surface area contributed by atoms with Crippen LogP contribution in [0, 0.1) is 0 Å². The molecule has 1 aliphatic carbocycles. The lowest BCUT2D eigenvalue weighted by molar-refractivity contribution is -0.142. The van der Waals surface area contributed by atoms with Crippen molar-refractivity contribution in [2.45, 2.75) is 71.0 Å². The predicted molar refractivity (Wildman–Crippen MR) is 68.2 cm³/mol. The largest absolute Gasteiger partial charge is 0.435 e. The van der Waals surface area contributed by atoms with Gasteiger partial charge in [-0.05, 0) is 31.6 Å². The van der Waals surface area contributed by atoms with Crippen molar-refractivity contribution in [1.29, 1.82) is 0 Å². The number of halogens is 3. The third-order valence-corrected chi connectivity index (χ3v) is 3.91. The van der Waals surface area contributed by atoms with E-state index in [4.69, 9.17) is 0 Å². The van der Waals surface area contributed by atoms with Crippen LogP contribution in [0.3, 0.4) is 0 Å². The van der Waals surface area contributed by atoms with Crippen LogP contribution in [0.4, 0.5) is 13.2 Å². The Morgan fingerprint density at radius 1 is 1.26 bits per heavy atom. The lowest BCUT2D eigenvalue weighted by Crippen LogP contribution is -2.11. The molecular formula is C14H21F3N2. The SMILES string of the molecule is CCn1nc(C(F)(F)F)c(C2CCCC2)c1C(C)C. The van der Waals surface area contributed by atoms with E-state index >= 15 is 0 Å². The standard InChI is InChI=1S/C14H21F3N2/c1-4-19-12(9(2)3)11(10-7-5-6-8-10)13(18-19)14(15,16)17/h9-10H,4-8H2,1-3H3. The molecule has 1 aliphatic rings. The average molecular weight is 274 g/mol. The molecule has 2 rings (SSSR count). The van der Waals surface area contributed by atoms with Gasteiger partial charge in [-0.25, -0.2) is 0 Å². The highest BCUT2D eigenvalue weighted by Gasteiger charge is 2.41. The molecular weight excluding hydrogens is 253 g/mol. The van der Waals surface area contributed by atoms with E-state index in [1.54, 1.807) is 4.68 Å². The van der Waals surface area contributed by atoms with Crippen LogP contribution in [-0.2, 0) is 12.7 Å². The molecule has 0 saturated heterocycles. The smallest absolute Gasteiger partial charge is 0.269 e. The molecule has 0 atom stereocenters. The Morgan fingerprint density at radius 2 is 1.84 bits per heavy atom. The van der Waals surface area contributed by atoms with Gasteiger partial charge in [0.2, 0.25) is 0 Å². The first-order chi connectivity index (χ1) is 8.86. The summed E-state index contributed by atoms with van der Waals surface area (Å²) < 4.78 is 41.2. The lowest BCUT2D eigenvalue weighted by Gasteiger charge is -2.17. The molecule has 5 heteroatoms. The van der Waals surface area contributed by atoms with Gasteiger partial charge in [0.15, 0.2) is 5.69 Å². The molecule has 0 unspecified atom stereocenters. The van der Waals surface area contributed by atoms with E-state index in [1.165, 1.54) is 0 Å². The molecule has 1 fully saturated rings. The zero-order valence-electron chi connectivity index (χ0n) is 11.7. The van der Waals surface area contributed by atoms with Crippen LogP contribution in [0.15, 0.2) is 0 Å². The number of nitrogens with zero attached hydrogens (tertiary/aromatic N) is 2. The van der Waals surface area contributed by atoms with Crippen molar-refractivity contribution in [2.24, 2.45) is 0 Å². The minimum Gasteiger partial charge on any atom is -0.269 e. The first kappa shape index (κ1) is 14.4. The van der Waals surface area contributed by atoms with E-state index in [0.29, 0.717) is 12.1 Å². The van der Waals surface area contributed by atoms with Gasteiger partial charge in [0, 0.05) is 17.8 Å². The van der Waals surface area contributed by atoms with Gasteiger partial charge in [-0.3, -0.25) is 4.68 Å². The van der Waals surface area contributed by atoms with Gasteiger partial charge in [-0.1, -0.05) is 26.7 Å². The van der Waals surface area contributed by atoms with Gasteiger partial charge < -0.3 is 0 Å². The normalized spacial score (nSPS) is 17.6. The van der Waals surface area contributed by atoms with Gasteiger partial charge in [-0.2, -0.15) is 18.3 Å². The monoisotopic (exact) mass is 274 g/mol. The molecule has 1 saturated carbocycles. The molecule has 1 heterocycles. The molecule has 0 bridgehead atoms. The molecule has 0 amide bonds. The second kappa shape index (κ2) is 5.17. The minimum atomic E-state index is -4.35. The van der Waals surface area contributed by atoms with Crippen LogP contribution < -0.4 is 0 Å². The number of aryl methyl sites for hydroxylation is 1. The van der Waals surface area contributed by atoms with E-state index in [9.17, 15) is 13.2 Å². The van der Waals surface area contributed by atoms with E-state index in [2.05, 4.69) is 5.10 Å². The number of aromatic nitrogens is 2. The maximum absolute atomic E-state index is 13.2. The third kappa shape index (κ3) is 2.65. The Bertz CT molecular complexity index is 440. The summed E-state index contributed by atoms with van der Waals surface area (Å²) in [5.74, 6) is 0.105. The minimum absolute atomic E-state index is 0.0364. The maximum atomic E-state index is 13.2. The molecule has 1 aromatic heterocycles. The first-order valence-corrected chi connectivity index (χ1v) is 7.04. The molecule has 0 aromatic carbocycles. The highest BCUT2D eigenvalue weighted by molar-refractivity contribution is 5.35. The van der Waals surface area contributed by atoms with Crippen molar-refractivity contribution in [3.8, 4) is 0 Å². The zero-order valence-corrected chi connectivity index (χ0v) is 11.7. The summed E-state index contributed by atoms with van der Waals surface area (Å²) in [4.78, 5) is 0. The van der Waals surface area contributed by atoms with Crippen molar-refractivity contribution < 1.29 is 13.2 Å². The predicted octanol–water partition coefficient (Wildman–Crippen LogP) is 4.70. The van der Waals surface area contributed by atoms with Gasteiger partial charge in [0.1, 0.15) is 0 Å². The van der Waals surface area contributed by atoms with Gasteiger partial charge in [0.05, 0.1) is 0 Å².